The van der Waals surface area contributed by atoms with Gasteiger partial charge in [0.1, 0.15) is 0 Å². The van der Waals surface area contributed by atoms with Gasteiger partial charge in [0.2, 0.25) is 10.0 Å². The lowest BCUT2D eigenvalue weighted by molar-refractivity contribution is 0.0626. The average Bonchev–Trinajstić information content (AvgIpc) is 2.87. The second-order valence-corrected chi connectivity index (χ2v) is 7.02. The summed E-state index contributed by atoms with van der Waals surface area (Å²) in [6.45, 7) is 4.67. The zero-order valence-electron chi connectivity index (χ0n) is 12.0. The fourth-order valence-corrected chi connectivity index (χ4v) is 3.30. The van der Waals surface area contributed by atoms with Crippen LogP contribution < -0.4 is 10.0 Å². The molecule has 0 radical (unpaired) electrons. The molecule has 0 aliphatic heterocycles. The van der Waals surface area contributed by atoms with Crippen LogP contribution >= 0.6 is 0 Å². The number of ether oxygens (including phenoxy) is 1. The van der Waals surface area contributed by atoms with Gasteiger partial charge in [-0.2, -0.15) is 0 Å². The Morgan fingerprint density at radius 3 is 2.58 bits per heavy atom. The summed E-state index contributed by atoms with van der Waals surface area (Å²) in [5.41, 5.74) is 0. The van der Waals surface area contributed by atoms with E-state index in [1.54, 1.807) is 0 Å². The van der Waals surface area contributed by atoms with E-state index in [9.17, 15) is 8.42 Å². The first-order valence-corrected chi connectivity index (χ1v) is 9.09. The summed E-state index contributed by atoms with van der Waals surface area (Å²) in [7, 11) is -3.13. The molecule has 0 aromatic rings. The second-order valence-electron chi connectivity index (χ2n) is 5.09. The van der Waals surface area contributed by atoms with Gasteiger partial charge in [-0.25, -0.2) is 13.1 Å². The van der Waals surface area contributed by atoms with Crippen molar-refractivity contribution in [2.24, 2.45) is 0 Å². The summed E-state index contributed by atoms with van der Waals surface area (Å²) in [6, 6.07) is 0. The monoisotopic (exact) mass is 292 g/mol. The Kier molecular flexibility index (Phi) is 8.61. The molecule has 0 atom stereocenters. The molecule has 0 amide bonds. The van der Waals surface area contributed by atoms with Gasteiger partial charge in [0, 0.05) is 6.54 Å². The predicted molar refractivity (Wildman–Crippen MR) is 77.8 cm³/mol. The largest absolute Gasteiger partial charge is 0.377 e. The zero-order chi connectivity index (χ0) is 14.0. The highest BCUT2D eigenvalue weighted by atomic mass is 32.2. The van der Waals surface area contributed by atoms with E-state index in [0.717, 1.165) is 32.4 Å². The van der Waals surface area contributed by atoms with Crippen LogP contribution in [0.3, 0.4) is 0 Å². The van der Waals surface area contributed by atoms with Gasteiger partial charge in [0.25, 0.3) is 0 Å². The highest BCUT2D eigenvalue weighted by Crippen LogP contribution is 2.20. The molecule has 114 valence electrons. The molecule has 19 heavy (non-hydrogen) atoms. The maximum Gasteiger partial charge on any atom is 0.211 e. The minimum atomic E-state index is -3.13. The molecule has 0 heterocycles. The van der Waals surface area contributed by atoms with E-state index in [1.807, 2.05) is 0 Å². The summed E-state index contributed by atoms with van der Waals surface area (Å²) in [6.07, 6.45) is 6.79. The highest BCUT2D eigenvalue weighted by molar-refractivity contribution is 7.89. The molecule has 1 aliphatic carbocycles. The maximum atomic E-state index is 11.7. The molecular weight excluding hydrogens is 264 g/mol. The van der Waals surface area contributed by atoms with Crippen LogP contribution in [0, 0.1) is 0 Å². The molecule has 1 rings (SSSR count). The lowest BCUT2D eigenvalue weighted by atomic mass is 10.3. The summed E-state index contributed by atoms with van der Waals surface area (Å²) in [5, 5.41) is 3.20. The van der Waals surface area contributed by atoms with Crippen molar-refractivity contribution in [1.29, 1.82) is 0 Å². The summed E-state index contributed by atoms with van der Waals surface area (Å²) >= 11 is 0. The molecule has 0 bridgehead atoms. The summed E-state index contributed by atoms with van der Waals surface area (Å²) in [4.78, 5) is 0. The van der Waals surface area contributed by atoms with Gasteiger partial charge in [0.05, 0.1) is 18.5 Å². The number of hydrogen-bond donors (Lipinski definition) is 2. The van der Waals surface area contributed by atoms with Crippen LogP contribution in [-0.4, -0.2) is 46.5 Å². The van der Waals surface area contributed by atoms with E-state index in [-0.39, 0.29) is 5.75 Å². The molecule has 6 heteroatoms. The van der Waals surface area contributed by atoms with Crippen LogP contribution in [0.5, 0.6) is 0 Å². The van der Waals surface area contributed by atoms with Crippen LogP contribution in [-0.2, 0) is 14.8 Å². The Labute approximate surface area is 117 Å². The van der Waals surface area contributed by atoms with Gasteiger partial charge in [-0.3, -0.25) is 0 Å². The molecule has 0 aromatic carbocycles. The molecule has 5 nitrogen and oxygen atoms in total. The Morgan fingerprint density at radius 1 is 1.16 bits per heavy atom. The Hall–Kier alpha value is -0.170. The number of nitrogens with one attached hydrogen (secondary N) is 2. The molecule has 1 saturated carbocycles. The minimum Gasteiger partial charge on any atom is -0.377 e. The van der Waals surface area contributed by atoms with Crippen LogP contribution in [0.4, 0.5) is 0 Å². The third kappa shape index (κ3) is 8.57. The quantitative estimate of drug-likeness (QED) is 0.563. The standard InChI is InChI=1S/C13H28N2O3S/c1-2-8-14-9-5-12-19(16,17)15-10-11-18-13-6-3-4-7-13/h13-15H,2-12H2,1H3. The summed E-state index contributed by atoms with van der Waals surface area (Å²) in [5.74, 6) is 0.188. The fourth-order valence-electron chi connectivity index (χ4n) is 2.24. The fraction of sp³-hybridized carbons (Fsp3) is 1.00. The van der Waals surface area contributed by atoms with Crippen LogP contribution in [0.1, 0.15) is 45.4 Å². The van der Waals surface area contributed by atoms with E-state index in [4.69, 9.17) is 4.74 Å². The molecule has 0 spiro atoms. The second kappa shape index (κ2) is 9.69. The molecule has 0 unspecified atom stereocenters. The number of sulfonamides is 1. The van der Waals surface area contributed by atoms with Crippen LogP contribution in [0.2, 0.25) is 0 Å². The van der Waals surface area contributed by atoms with Crippen molar-refractivity contribution < 1.29 is 13.2 Å². The third-order valence-corrected chi connectivity index (χ3v) is 4.74. The topological polar surface area (TPSA) is 67.4 Å². The lowest BCUT2D eigenvalue weighted by Crippen LogP contribution is -2.31. The van der Waals surface area contributed by atoms with Crippen molar-refractivity contribution >= 4 is 10.0 Å². The lowest BCUT2D eigenvalue weighted by Gasteiger charge is -2.11. The summed E-state index contributed by atoms with van der Waals surface area (Å²) < 4.78 is 31.5. The predicted octanol–water partition coefficient (Wildman–Crippen LogP) is 1.25. The van der Waals surface area contributed by atoms with E-state index in [2.05, 4.69) is 17.0 Å². The SMILES string of the molecule is CCCNCCCS(=O)(=O)NCCOC1CCCC1. The number of rotatable bonds is 11. The van der Waals surface area contributed by atoms with Crippen LogP contribution in [0.25, 0.3) is 0 Å². The Morgan fingerprint density at radius 2 is 1.89 bits per heavy atom. The van der Waals surface area contributed by atoms with E-state index >= 15 is 0 Å². The maximum absolute atomic E-state index is 11.7. The molecule has 2 N–H and O–H groups in total. The molecular formula is C13H28N2O3S. The van der Waals surface area contributed by atoms with Gasteiger partial charge in [-0.05, 0) is 38.8 Å². The first-order chi connectivity index (χ1) is 9.14. The van der Waals surface area contributed by atoms with Crippen molar-refractivity contribution in [3.8, 4) is 0 Å². The molecule has 1 aliphatic rings. The first kappa shape index (κ1) is 16.9. The zero-order valence-corrected chi connectivity index (χ0v) is 12.8. The van der Waals surface area contributed by atoms with Crippen molar-refractivity contribution in [3.05, 3.63) is 0 Å². The number of hydrogen-bond acceptors (Lipinski definition) is 4. The van der Waals surface area contributed by atoms with Gasteiger partial charge in [0.15, 0.2) is 0 Å². The smallest absolute Gasteiger partial charge is 0.211 e. The van der Waals surface area contributed by atoms with Crippen LogP contribution in [0.15, 0.2) is 0 Å². The minimum absolute atomic E-state index is 0.188. The van der Waals surface area contributed by atoms with Crippen molar-refractivity contribution in [2.45, 2.75) is 51.6 Å². The van der Waals surface area contributed by atoms with Crippen molar-refractivity contribution in [1.82, 2.24) is 10.0 Å². The molecule has 1 fully saturated rings. The van der Waals surface area contributed by atoms with Gasteiger partial charge < -0.3 is 10.1 Å². The molecule has 0 aromatic heterocycles. The first-order valence-electron chi connectivity index (χ1n) is 7.43. The van der Waals surface area contributed by atoms with Gasteiger partial charge in [-0.1, -0.05) is 19.8 Å². The van der Waals surface area contributed by atoms with Gasteiger partial charge >= 0.3 is 0 Å². The highest BCUT2D eigenvalue weighted by Gasteiger charge is 2.15. The van der Waals surface area contributed by atoms with Gasteiger partial charge in [-0.15, -0.1) is 0 Å². The van der Waals surface area contributed by atoms with Crippen molar-refractivity contribution in [2.75, 3.05) is 32.0 Å². The van der Waals surface area contributed by atoms with E-state index in [1.165, 1.54) is 12.8 Å². The normalized spacial score (nSPS) is 17.1. The Bertz CT molecular complexity index is 314. The Balaban J connectivity index is 1.99. The third-order valence-electron chi connectivity index (χ3n) is 3.27. The molecule has 0 saturated heterocycles. The van der Waals surface area contributed by atoms with E-state index in [0.29, 0.717) is 25.7 Å². The van der Waals surface area contributed by atoms with Crippen molar-refractivity contribution in [3.63, 3.8) is 0 Å². The average molecular weight is 292 g/mol. The van der Waals surface area contributed by atoms with E-state index < -0.39 is 10.0 Å².